The van der Waals surface area contributed by atoms with Crippen LogP contribution in [-0.4, -0.2) is 22.9 Å². The van der Waals surface area contributed by atoms with Crippen LogP contribution in [0.4, 0.5) is 0 Å². The van der Waals surface area contributed by atoms with Gasteiger partial charge in [0.15, 0.2) is 0 Å². The largest absolute Gasteiger partial charge is 0.316 e. The van der Waals surface area contributed by atoms with Crippen molar-refractivity contribution in [1.29, 1.82) is 0 Å². The number of nitrogens with one attached hydrogen (secondary N) is 1. The zero-order valence-electron chi connectivity index (χ0n) is 12.2. The van der Waals surface area contributed by atoms with Crippen LogP contribution in [0.5, 0.6) is 0 Å². The van der Waals surface area contributed by atoms with Crippen molar-refractivity contribution in [2.24, 2.45) is 5.41 Å². The second-order valence-electron chi connectivity index (χ2n) is 5.84. The van der Waals surface area contributed by atoms with Crippen LogP contribution in [0.25, 0.3) is 0 Å². The van der Waals surface area contributed by atoms with Crippen LogP contribution in [0.1, 0.15) is 45.5 Å². The third kappa shape index (κ3) is 3.84. The zero-order valence-corrected chi connectivity index (χ0v) is 12.2. The molecule has 17 heavy (non-hydrogen) atoms. The summed E-state index contributed by atoms with van der Waals surface area (Å²) in [6.07, 6.45) is 2.25. The number of hydrogen-bond acceptors (Lipinski definition) is 2. The number of aromatic nitrogens is 2. The summed E-state index contributed by atoms with van der Waals surface area (Å²) in [7, 11) is 2.05. The van der Waals surface area contributed by atoms with Crippen molar-refractivity contribution >= 4 is 0 Å². The fourth-order valence-corrected chi connectivity index (χ4v) is 2.38. The highest BCUT2D eigenvalue weighted by molar-refractivity contribution is 5.09. The van der Waals surface area contributed by atoms with Crippen molar-refractivity contribution in [2.45, 2.75) is 60.0 Å². The summed E-state index contributed by atoms with van der Waals surface area (Å²) in [6, 6.07) is 2.75. The van der Waals surface area contributed by atoms with Gasteiger partial charge >= 0.3 is 0 Å². The van der Waals surface area contributed by atoms with E-state index >= 15 is 0 Å². The Bertz CT molecular complexity index is 347. The van der Waals surface area contributed by atoms with E-state index in [0.717, 1.165) is 25.1 Å². The minimum absolute atomic E-state index is 0.306. The number of nitrogens with zero attached hydrogens (tertiary/aromatic N) is 2. The van der Waals surface area contributed by atoms with Gasteiger partial charge in [-0.3, -0.25) is 4.68 Å². The van der Waals surface area contributed by atoms with Gasteiger partial charge in [-0.15, -0.1) is 0 Å². The molecule has 0 bridgehead atoms. The second-order valence-corrected chi connectivity index (χ2v) is 5.84. The van der Waals surface area contributed by atoms with Crippen LogP contribution in [0.3, 0.4) is 0 Å². The van der Waals surface area contributed by atoms with Gasteiger partial charge in [0.1, 0.15) is 0 Å². The molecule has 3 heteroatoms. The van der Waals surface area contributed by atoms with E-state index in [1.54, 1.807) is 0 Å². The molecule has 0 aromatic carbocycles. The summed E-state index contributed by atoms with van der Waals surface area (Å²) in [4.78, 5) is 0. The van der Waals surface area contributed by atoms with E-state index < -0.39 is 0 Å². The highest BCUT2D eigenvalue weighted by Gasteiger charge is 2.22. The summed E-state index contributed by atoms with van der Waals surface area (Å²) in [6.45, 7) is 12.0. The van der Waals surface area contributed by atoms with Gasteiger partial charge in [-0.1, -0.05) is 20.8 Å². The molecule has 0 aliphatic carbocycles. The maximum Gasteiger partial charge on any atom is 0.0596 e. The molecule has 0 saturated heterocycles. The Hall–Kier alpha value is -0.830. The van der Waals surface area contributed by atoms with Crippen LogP contribution >= 0.6 is 0 Å². The molecule has 1 heterocycles. The van der Waals surface area contributed by atoms with E-state index in [2.05, 4.69) is 62.8 Å². The molecule has 0 spiro atoms. The van der Waals surface area contributed by atoms with Crippen LogP contribution in [0.15, 0.2) is 6.07 Å². The Kier molecular flexibility index (Phi) is 4.75. The van der Waals surface area contributed by atoms with Crippen molar-refractivity contribution in [3.8, 4) is 0 Å². The quantitative estimate of drug-likeness (QED) is 0.853. The lowest BCUT2D eigenvalue weighted by Gasteiger charge is -2.30. The normalized spacial score (nSPS) is 14.0. The Morgan fingerprint density at radius 3 is 2.53 bits per heavy atom. The average molecular weight is 237 g/mol. The summed E-state index contributed by atoms with van der Waals surface area (Å²) in [5.41, 5.74) is 2.79. The second kappa shape index (κ2) is 5.67. The Morgan fingerprint density at radius 1 is 1.41 bits per heavy atom. The van der Waals surface area contributed by atoms with Gasteiger partial charge in [0.05, 0.1) is 5.69 Å². The molecule has 0 radical (unpaired) electrons. The Labute approximate surface area is 106 Å². The summed E-state index contributed by atoms with van der Waals surface area (Å²) in [5, 5.41) is 7.92. The van der Waals surface area contributed by atoms with Gasteiger partial charge < -0.3 is 5.32 Å². The molecular formula is C14H27N3. The number of aryl methyl sites for hydroxylation is 3. The molecule has 0 saturated carbocycles. The first-order chi connectivity index (χ1) is 7.88. The fourth-order valence-electron chi connectivity index (χ4n) is 2.38. The highest BCUT2D eigenvalue weighted by Crippen LogP contribution is 2.23. The van der Waals surface area contributed by atoms with Gasteiger partial charge in [-0.05, 0) is 45.2 Å². The van der Waals surface area contributed by atoms with Gasteiger partial charge in [0.25, 0.3) is 0 Å². The maximum absolute atomic E-state index is 4.49. The van der Waals surface area contributed by atoms with Crippen LogP contribution in [0, 0.1) is 12.3 Å². The van der Waals surface area contributed by atoms with E-state index in [-0.39, 0.29) is 0 Å². The smallest absolute Gasteiger partial charge is 0.0596 e. The minimum atomic E-state index is 0.306. The van der Waals surface area contributed by atoms with Crippen molar-refractivity contribution in [3.63, 3.8) is 0 Å². The van der Waals surface area contributed by atoms with Crippen LogP contribution in [-0.2, 0) is 13.0 Å². The molecule has 0 aliphatic heterocycles. The molecule has 0 aliphatic rings. The van der Waals surface area contributed by atoms with E-state index in [9.17, 15) is 0 Å². The fraction of sp³-hybridized carbons (Fsp3) is 0.786. The van der Waals surface area contributed by atoms with Crippen molar-refractivity contribution in [2.75, 3.05) is 7.05 Å². The standard InChI is InChI=1S/C14H27N3/c1-7-17-12(10-11(2)16-17)8-9-13(15-6)14(3,4)5/h10,13,15H,7-9H2,1-6H3. The number of hydrogen-bond donors (Lipinski definition) is 1. The van der Waals surface area contributed by atoms with Gasteiger partial charge in [0, 0.05) is 18.3 Å². The van der Waals surface area contributed by atoms with Crippen molar-refractivity contribution in [1.82, 2.24) is 15.1 Å². The predicted molar refractivity (Wildman–Crippen MR) is 73.3 cm³/mol. The molecule has 98 valence electrons. The van der Waals surface area contributed by atoms with Crippen LogP contribution in [0.2, 0.25) is 0 Å². The minimum Gasteiger partial charge on any atom is -0.316 e. The lowest BCUT2D eigenvalue weighted by molar-refractivity contribution is 0.266. The first-order valence-corrected chi connectivity index (χ1v) is 6.59. The molecular weight excluding hydrogens is 210 g/mol. The van der Waals surface area contributed by atoms with E-state index in [0.29, 0.717) is 11.5 Å². The van der Waals surface area contributed by atoms with Crippen molar-refractivity contribution < 1.29 is 0 Å². The molecule has 0 fully saturated rings. The molecule has 3 nitrogen and oxygen atoms in total. The van der Waals surface area contributed by atoms with E-state index in [1.165, 1.54) is 5.69 Å². The van der Waals surface area contributed by atoms with Crippen LogP contribution < -0.4 is 5.32 Å². The molecule has 1 aromatic rings. The Morgan fingerprint density at radius 2 is 2.06 bits per heavy atom. The first-order valence-electron chi connectivity index (χ1n) is 6.59. The number of rotatable bonds is 5. The monoisotopic (exact) mass is 237 g/mol. The SMILES string of the molecule is CCn1nc(C)cc1CCC(NC)C(C)(C)C. The van der Waals surface area contributed by atoms with Gasteiger partial charge in [0.2, 0.25) is 0 Å². The highest BCUT2D eigenvalue weighted by atomic mass is 15.3. The third-order valence-electron chi connectivity index (χ3n) is 3.37. The molecule has 1 rings (SSSR count). The molecule has 0 amide bonds. The third-order valence-corrected chi connectivity index (χ3v) is 3.37. The molecule has 1 N–H and O–H groups in total. The average Bonchev–Trinajstić information content (AvgIpc) is 2.58. The molecule has 1 aromatic heterocycles. The summed E-state index contributed by atoms with van der Waals surface area (Å²) < 4.78 is 2.12. The lowest BCUT2D eigenvalue weighted by Crippen LogP contribution is -2.38. The summed E-state index contributed by atoms with van der Waals surface area (Å²) in [5.74, 6) is 0. The topological polar surface area (TPSA) is 29.9 Å². The lowest BCUT2D eigenvalue weighted by atomic mass is 9.84. The predicted octanol–water partition coefficient (Wildman–Crippen LogP) is 2.78. The molecule has 1 unspecified atom stereocenters. The maximum atomic E-state index is 4.49. The Balaban J connectivity index is 2.65. The van der Waals surface area contributed by atoms with Gasteiger partial charge in [-0.2, -0.15) is 5.10 Å². The summed E-state index contributed by atoms with van der Waals surface area (Å²) >= 11 is 0. The van der Waals surface area contributed by atoms with Gasteiger partial charge in [-0.25, -0.2) is 0 Å². The van der Waals surface area contributed by atoms with Crippen molar-refractivity contribution in [3.05, 3.63) is 17.5 Å². The van der Waals surface area contributed by atoms with E-state index in [1.807, 2.05) is 0 Å². The first kappa shape index (κ1) is 14.2. The molecule has 1 atom stereocenters. The zero-order chi connectivity index (χ0) is 13.1. The van der Waals surface area contributed by atoms with E-state index in [4.69, 9.17) is 0 Å².